The number of carbonyl (C=O) groups excluding carboxylic acids is 1. The molecule has 1 heterocycles. The van der Waals surface area contributed by atoms with Crippen molar-refractivity contribution in [2.45, 2.75) is 38.1 Å². The van der Waals surface area contributed by atoms with Crippen molar-refractivity contribution >= 4 is 5.91 Å². The van der Waals surface area contributed by atoms with Gasteiger partial charge in [-0.1, -0.05) is 49.4 Å². The lowest BCUT2D eigenvalue weighted by molar-refractivity contribution is -0.121. The van der Waals surface area contributed by atoms with Crippen LogP contribution in [0.25, 0.3) is 0 Å². The Bertz CT molecular complexity index is 726. The third-order valence-corrected chi connectivity index (χ3v) is 5.41. The molecule has 2 aromatic rings. The van der Waals surface area contributed by atoms with Gasteiger partial charge < -0.3 is 10.1 Å². The Kier molecular flexibility index (Phi) is 6.88. The van der Waals surface area contributed by atoms with Gasteiger partial charge in [0.2, 0.25) is 5.91 Å². The summed E-state index contributed by atoms with van der Waals surface area (Å²) in [5, 5.41) is 3.17. The zero-order valence-electron chi connectivity index (χ0n) is 16.4. The zero-order chi connectivity index (χ0) is 19.1. The van der Waals surface area contributed by atoms with Gasteiger partial charge in [-0.25, -0.2) is 0 Å². The number of methoxy groups -OCH3 is 1. The van der Waals surface area contributed by atoms with Crippen molar-refractivity contribution in [3.05, 3.63) is 65.7 Å². The van der Waals surface area contributed by atoms with Gasteiger partial charge in [-0.3, -0.25) is 9.69 Å². The molecule has 1 aliphatic heterocycles. The summed E-state index contributed by atoms with van der Waals surface area (Å²) in [5.74, 6) is 1.19. The molecule has 4 heteroatoms. The number of amides is 1. The fourth-order valence-corrected chi connectivity index (χ4v) is 3.82. The average Bonchev–Trinajstić information content (AvgIpc) is 3.23. The highest BCUT2D eigenvalue weighted by Gasteiger charge is 2.24. The normalized spacial score (nSPS) is 16.7. The van der Waals surface area contributed by atoms with E-state index in [1.165, 1.54) is 24.0 Å². The molecule has 0 saturated carbocycles. The molecule has 27 heavy (non-hydrogen) atoms. The van der Waals surface area contributed by atoms with E-state index in [-0.39, 0.29) is 17.9 Å². The summed E-state index contributed by atoms with van der Waals surface area (Å²) in [5.41, 5.74) is 2.41. The molecule has 1 fully saturated rings. The smallest absolute Gasteiger partial charge is 0.220 e. The largest absolute Gasteiger partial charge is 0.497 e. The third kappa shape index (κ3) is 5.33. The maximum atomic E-state index is 12.5. The fourth-order valence-electron chi connectivity index (χ4n) is 3.82. The second kappa shape index (κ2) is 9.56. The topological polar surface area (TPSA) is 41.6 Å². The summed E-state index contributed by atoms with van der Waals surface area (Å²) in [6, 6.07) is 18.6. The first-order valence-electron chi connectivity index (χ1n) is 9.87. The first-order chi connectivity index (χ1) is 13.2. The fraction of sp³-hybridized carbons (Fsp3) is 0.435. The van der Waals surface area contributed by atoms with Crippen molar-refractivity contribution in [3.63, 3.8) is 0 Å². The Morgan fingerprint density at radius 1 is 1.07 bits per heavy atom. The van der Waals surface area contributed by atoms with E-state index in [1.54, 1.807) is 7.11 Å². The minimum absolute atomic E-state index is 0.110. The Morgan fingerprint density at radius 3 is 2.48 bits per heavy atom. The number of nitrogens with one attached hydrogen (secondary N) is 1. The predicted molar refractivity (Wildman–Crippen MR) is 109 cm³/mol. The Balaban J connectivity index is 1.63. The molecular formula is C23H30N2O2. The predicted octanol–water partition coefficient (Wildman–Crippen LogP) is 4.14. The zero-order valence-corrected chi connectivity index (χ0v) is 16.4. The molecule has 2 atom stereocenters. The van der Waals surface area contributed by atoms with Crippen LogP contribution in [0, 0.1) is 0 Å². The molecule has 1 N–H and O–H groups in total. The third-order valence-electron chi connectivity index (χ3n) is 5.41. The van der Waals surface area contributed by atoms with Crippen LogP contribution in [0.1, 0.15) is 49.3 Å². The minimum atomic E-state index is 0.110. The van der Waals surface area contributed by atoms with Gasteiger partial charge in [0.15, 0.2) is 0 Å². The van der Waals surface area contributed by atoms with Crippen molar-refractivity contribution < 1.29 is 9.53 Å². The van der Waals surface area contributed by atoms with E-state index in [2.05, 4.69) is 41.4 Å². The quantitative estimate of drug-likeness (QED) is 0.763. The first-order valence-corrected chi connectivity index (χ1v) is 9.87. The van der Waals surface area contributed by atoms with Crippen molar-refractivity contribution in [3.8, 4) is 5.75 Å². The average molecular weight is 367 g/mol. The number of likely N-dealkylation sites (tertiary alicyclic amines) is 1. The maximum Gasteiger partial charge on any atom is 0.220 e. The molecule has 1 amide bonds. The van der Waals surface area contributed by atoms with Gasteiger partial charge in [0.05, 0.1) is 13.2 Å². The van der Waals surface area contributed by atoms with Gasteiger partial charge in [0.1, 0.15) is 5.75 Å². The van der Waals surface area contributed by atoms with Crippen molar-refractivity contribution in [2.75, 3.05) is 26.7 Å². The van der Waals surface area contributed by atoms with E-state index >= 15 is 0 Å². The summed E-state index contributed by atoms with van der Waals surface area (Å²) in [4.78, 5) is 15.0. The molecule has 4 nitrogen and oxygen atoms in total. The number of hydrogen-bond donors (Lipinski definition) is 1. The number of rotatable bonds is 8. The number of ether oxygens (including phenoxy) is 1. The molecule has 2 unspecified atom stereocenters. The maximum absolute atomic E-state index is 12.5. The lowest BCUT2D eigenvalue weighted by Crippen LogP contribution is -2.37. The van der Waals surface area contributed by atoms with Crippen LogP contribution in [0.2, 0.25) is 0 Å². The molecule has 0 aliphatic carbocycles. The molecule has 1 aliphatic rings. The highest BCUT2D eigenvalue weighted by molar-refractivity contribution is 5.76. The van der Waals surface area contributed by atoms with E-state index in [0.717, 1.165) is 18.8 Å². The summed E-state index contributed by atoms with van der Waals surface area (Å²) < 4.78 is 5.39. The van der Waals surface area contributed by atoms with Crippen LogP contribution in [-0.2, 0) is 4.79 Å². The van der Waals surface area contributed by atoms with Crippen molar-refractivity contribution in [2.24, 2.45) is 0 Å². The van der Waals surface area contributed by atoms with Crippen LogP contribution in [0.4, 0.5) is 0 Å². The molecule has 0 radical (unpaired) electrons. The Hall–Kier alpha value is -2.33. The second-order valence-corrected chi connectivity index (χ2v) is 7.36. The molecular weight excluding hydrogens is 336 g/mol. The molecule has 0 aromatic heterocycles. The van der Waals surface area contributed by atoms with Crippen LogP contribution in [0.15, 0.2) is 54.6 Å². The van der Waals surface area contributed by atoms with Gasteiger partial charge in [-0.05, 0) is 55.1 Å². The summed E-state index contributed by atoms with van der Waals surface area (Å²) in [6.07, 6.45) is 2.95. The van der Waals surface area contributed by atoms with E-state index in [9.17, 15) is 4.79 Å². The SMILES string of the molecule is COc1cccc(C(CNC(=O)CC(C)c2ccccc2)N2CCCC2)c1. The van der Waals surface area contributed by atoms with Gasteiger partial charge in [0, 0.05) is 13.0 Å². The van der Waals surface area contributed by atoms with Crippen LogP contribution in [0.3, 0.4) is 0 Å². The molecule has 3 rings (SSSR count). The van der Waals surface area contributed by atoms with Crippen LogP contribution < -0.4 is 10.1 Å². The first kappa shape index (κ1) is 19.4. The highest BCUT2D eigenvalue weighted by Crippen LogP contribution is 2.27. The van der Waals surface area contributed by atoms with E-state index in [0.29, 0.717) is 13.0 Å². The van der Waals surface area contributed by atoms with Gasteiger partial charge >= 0.3 is 0 Å². The van der Waals surface area contributed by atoms with E-state index in [4.69, 9.17) is 4.74 Å². The lowest BCUT2D eigenvalue weighted by atomic mass is 9.97. The molecule has 1 saturated heterocycles. The van der Waals surface area contributed by atoms with Crippen LogP contribution in [0.5, 0.6) is 5.75 Å². The monoisotopic (exact) mass is 366 g/mol. The second-order valence-electron chi connectivity index (χ2n) is 7.36. The summed E-state index contributed by atoms with van der Waals surface area (Å²) >= 11 is 0. The minimum Gasteiger partial charge on any atom is -0.497 e. The Labute approximate surface area is 162 Å². The number of benzene rings is 2. The van der Waals surface area contributed by atoms with Crippen molar-refractivity contribution in [1.29, 1.82) is 0 Å². The molecule has 2 aromatic carbocycles. The van der Waals surface area contributed by atoms with E-state index < -0.39 is 0 Å². The number of nitrogens with zero attached hydrogens (tertiary/aromatic N) is 1. The summed E-state index contributed by atoms with van der Waals surface area (Å²) in [6.45, 7) is 4.90. The lowest BCUT2D eigenvalue weighted by Gasteiger charge is -2.28. The van der Waals surface area contributed by atoms with Gasteiger partial charge in [0.25, 0.3) is 0 Å². The molecule has 0 bridgehead atoms. The Morgan fingerprint density at radius 2 is 1.78 bits per heavy atom. The van der Waals surface area contributed by atoms with Gasteiger partial charge in [-0.15, -0.1) is 0 Å². The number of hydrogen-bond acceptors (Lipinski definition) is 3. The molecule has 144 valence electrons. The highest BCUT2D eigenvalue weighted by atomic mass is 16.5. The summed E-state index contributed by atoms with van der Waals surface area (Å²) in [7, 11) is 1.69. The standard InChI is InChI=1S/C23H30N2O2/c1-18(19-9-4-3-5-10-19)15-23(26)24-17-22(25-13-6-7-14-25)20-11-8-12-21(16-20)27-2/h3-5,8-12,16,18,22H,6-7,13-15,17H2,1-2H3,(H,24,26). The molecule has 0 spiro atoms. The number of carbonyl (C=O) groups is 1. The van der Waals surface area contributed by atoms with Gasteiger partial charge in [-0.2, -0.15) is 0 Å². The van der Waals surface area contributed by atoms with Crippen LogP contribution >= 0.6 is 0 Å². The van der Waals surface area contributed by atoms with Crippen molar-refractivity contribution in [1.82, 2.24) is 10.2 Å². The van der Waals surface area contributed by atoms with Crippen LogP contribution in [-0.4, -0.2) is 37.6 Å². The van der Waals surface area contributed by atoms with E-state index in [1.807, 2.05) is 30.3 Å².